The maximum Gasteiger partial charge on any atom is 0.252 e. The Bertz CT molecular complexity index is 1050. The van der Waals surface area contributed by atoms with Crippen LogP contribution < -0.4 is 16.4 Å². The minimum Gasteiger partial charge on any atom is -0.365 e. The van der Waals surface area contributed by atoms with Crippen LogP contribution in [0.1, 0.15) is 57.8 Å². The number of carbonyl (C=O) groups excluding carboxylic acids is 4. The molecule has 30 heavy (non-hydrogen) atoms. The maximum absolute atomic E-state index is 12.6. The zero-order chi connectivity index (χ0) is 21.8. The number of thiophene rings is 1. The standard InChI is InChI=1S/C22H23N3O4S/c1-12(11-18(27)24-15-9-7-14(8-10-15)13(2)26)21(29)25-22-19(20(23)28)16-5-3-4-6-17(16)30-22/h7-11H,3-6H2,1-2H3,(H2,23,28)(H,24,27)(H,25,29)/b12-11-. The number of aryl methyl sites for hydroxylation is 1. The van der Waals surface area contributed by atoms with Crippen LogP contribution in [0.5, 0.6) is 0 Å². The fourth-order valence-electron chi connectivity index (χ4n) is 3.35. The van der Waals surface area contributed by atoms with Gasteiger partial charge in [-0.25, -0.2) is 0 Å². The number of hydrogen-bond acceptors (Lipinski definition) is 5. The van der Waals surface area contributed by atoms with Crippen molar-refractivity contribution in [3.05, 3.63) is 57.5 Å². The number of rotatable bonds is 6. The van der Waals surface area contributed by atoms with Crippen LogP contribution in [0.25, 0.3) is 0 Å². The van der Waals surface area contributed by atoms with Crippen LogP contribution in [-0.4, -0.2) is 23.5 Å². The minimum atomic E-state index is -0.557. The van der Waals surface area contributed by atoms with Gasteiger partial charge in [0.2, 0.25) is 5.91 Å². The molecule has 0 radical (unpaired) electrons. The van der Waals surface area contributed by atoms with Gasteiger partial charge in [0.05, 0.1) is 5.56 Å². The zero-order valence-electron chi connectivity index (χ0n) is 16.8. The van der Waals surface area contributed by atoms with Gasteiger partial charge in [-0.3, -0.25) is 19.2 Å². The first-order chi connectivity index (χ1) is 14.3. The molecule has 7 nitrogen and oxygen atoms in total. The maximum atomic E-state index is 12.6. The summed E-state index contributed by atoms with van der Waals surface area (Å²) in [6, 6.07) is 6.47. The normalized spacial score (nSPS) is 13.3. The first-order valence-corrected chi connectivity index (χ1v) is 10.4. The lowest BCUT2D eigenvalue weighted by Gasteiger charge is -2.11. The molecule has 1 aromatic heterocycles. The molecular weight excluding hydrogens is 402 g/mol. The lowest BCUT2D eigenvalue weighted by molar-refractivity contribution is -0.114. The van der Waals surface area contributed by atoms with E-state index in [4.69, 9.17) is 5.73 Å². The van der Waals surface area contributed by atoms with E-state index in [0.717, 1.165) is 36.1 Å². The van der Waals surface area contributed by atoms with Gasteiger partial charge in [0.1, 0.15) is 5.00 Å². The molecule has 3 amide bonds. The number of Topliss-reactive ketones (excluding diaryl/α,β-unsaturated/α-hetero) is 1. The lowest BCUT2D eigenvalue weighted by atomic mass is 9.95. The quantitative estimate of drug-likeness (QED) is 0.485. The van der Waals surface area contributed by atoms with Crippen molar-refractivity contribution < 1.29 is 19.2 Å². The van der Waals surface area contributed by atoms with Gasteiger partial charge in [-0.05, 0) is 69.4 Å². The highest BCUT2D eigenvalue weighted by molar-refractivity contribution is 7.17. The molecule has 1 aromatic carbocycles. The van der Waals surface area contributed by atoms with Crippen molar-refractivity contribution in [3.63, 3.8) is 0 Å². The van der Waals surface area contributed by atoms with Crippen LogP contribution >= 0.6 is 11.3 Å². The van der Waals surface area contributed by atoms with E-state index in [2.05, 4.69) is 10.6 Å². The number of anilines is 2. The molecular formula is C22H23N3O4S. The summed E-state index contributed by atoms with van der Waals surface area (Å²) in [4.78, 5) is 49.1. The highest BCUT2D eigenvalue weighted by atomic mass is 32.1. The second kappa shape index (κ2) is 9.04. The van der Waals surface area contributed by atoms with Crippen molar-refractivity contribution in [2.45, 2.75) is 39.5 Å². The summed E-state index contributed by atoms with van der Waals surface area (Å²) in [7, 11) is 0. The molecule has 0 saturated heterocycles. The van der Waals surface area contributed by atoms with Crippen molar-refractivity contribution >= 4 is 45.5 Å². The highest BCUT2D eigenvalue weighted by Gasteiger charge is 2.25. The van der Waals surface area contributed by atoms with Crippen LogP contribution in [0.2, 0.25) is 0 Å². The number of nitrogens with two attached hydrogens (primary N) is 1. The van der Waals surface area contributed by atoms with Gasteiger partial charge >= 0.3 is 0 Å². The summed E-state index contributed by atoms with van der Waals surface area (Å²) in [6.45, 7) is 2.98. The van der Waals surface area contributed by atoms with Crippen LogP contribution in [0.3, 0.4) is 0 Å². The molecule has 2 aromatic rings. The van der Waals surface area contributed by atoms with E-state index < -0.39 is 17.7 Å². The van der Waals surface area contributed by atoms with Crippen molar-refractivity contribution in [1.82, 2.24) is 0 Å². The van der Waals surface area contributed by atoms with E-state index in [9.17, 15) is 19.2 Å². The summed E-state index contributed by atoms with van der Waals surface area (Å²) < 4.78 is 0. The summed E-state index contributed by atoms with van der Waals surface area (Å²) in [5.74, 6) is -1.57. The van der Waals surface area contributed by atoms with Gasteiger partial charge in [0.15, 0.2) is 5.78 Å². The number of carbonyl (C=O) groups is 4. The molecule has 1 aliphatic rings. The first kappa shape index (κ1) is 21.4. The number of amides is 3. The van der Waals surface area contributed by atoms with E-state index in [-0.39, 0.29) is 11.4 Å². The van der Waals surface area contributed by atoms with Gasteiger partial charge in [-0.15, -0.1) is 11.3 Å². The van der Waals surface area contributed by atoms with Gasteiger partial charge in [-0.2, -0.15) is 0 Å². The van der Waals surface area contributed by atoms with Crippen molar-refractivity contribution in [1.29, 1.82) is 0 Å². The Labute approximate surface area is 178 Å². The summed E-state index contributed by atoms with van der Waals surface area (Å²) in [5, 5.41) is 5.82. The van der Waals surface area contributed by atoms with Gasteiger partial charge in [0, 0.05) is 27.8 Å². The predicted molar refractivity (Wildman–Crippen MR) is 117 cm³/mol. The number of nitrogens with one attached hydrogen (secondary N) is 2. The molecule has 3 rings (SSSR count). The fourth-order valence-corrected chi connectivity index (χ4v) is 4.63. The van der Waals surface area contributed by atoms with Gasteiger partial charge in [-0.1, -0.05) is 0 Å². The molecule has 0 unspecified atom stereocenters. The van der Waals surface area contributed by atoms with E-state index in [1.54, 1.807) is 24.3 Å². The van der Waals surface area contributed by atoms with Crippen LogP contribution in [-0.2, 0) is 22.4 Å². The third-order valence-corrected chi connectivity index (χ3v) is 6.12. The Morgan fingerprint density at radius 1 is 1.00 bits per heavy atom. The Morgan fingerprint density at radius 3 is 2.30 bits per heavy atom. The van der Waals surface area contributed by atoms with Gasteiger partial charge < -0.3 is 16.4 Å². The lowest BCUT2D eigenvalue weighted by Crippen LogP contribution is -2.19. The Hall–Kier alpha value is -3.26. The minimum absolute atomic E-state index is 0.0640. The zero-order valence-corrected chi connectivity index (χ0v) is 17.7. The van der Waals surface area contributed by atoms with Crippen molar-refractivity contribution in [2.24, 2.45) is 5.73 Å². The predicted octanol–water partition coefficient (Wildman–Crippen LogP) is 3.45. The van der Waals surface area contributed by atoms with E-state index in [0.29, 0.717) is 21.8 Å². The molecule has 0 aliphatic heterocycles. The molecule has 0 saturated carbocycles. The third-order valence-electron chi connectivity index (χ3n) is 4.91. The van der Waals surface area contributed by atoms with E-state index in [1.165, 1.54) is 31.3 Å². The molecule has 1 heterocycles. The first-order valence-electron chi connectivity index (χ1n) is 9.62. The largest absolute Gasteiger partial charge is 0.365 e. The smallest absolute Gasteiger partial charge is 0.252 e. The van der Waals surface area contributed by atoms with E-state index in [1.807, 2.05) is 0 Å². The van der Waals surface area contributed by atoms with Crippen LogP contribution in [0.15, 0.2) is 35.9 Å². The summed E-state index contributed by atoms with van der Waals surface area (Å²) in [6.07, 6.45) is 4.87. The molecule has 156 valence electrons. The molecule has 1 aliphatic carbocycles. The Kier molecular flexibility index (Phi) is 6.47. The molecule has 4 N–H and O–H groups in total. The average Bonchev–Trinajstić information content (AvgIpc) is 3.06. The van der Waals surface area contributed by atoms with Crippen LogP contribution in [0, 0.1) is 0 Å². The average molecular weight is 426 g/mol. The second-order valence-electron chi connectivity index (χ2n) is 7.18. The summed E-state index contributed by atoms with van der Waals surface area (Å²) in [5.41, 5.74) is 8.11. The van der Waals surface area contributed by atoms with Crippen molar-refractivity contribution in [2.75, 3.05) is 10.6 Å². The fraction of sp³-hybridized carbons (Fsp3) is 0.273. The number of ketones is 1. The van der Waals surface area contributed by atoms with Gasteiger partial charge in [0.25, 0.3) is 11.8 Å². The number of fused-ring (bicyclic) bond motifs is 1. The number of primary amides is 1. The van der Waals surface area contributed by atoms with Crippen LogP contribution in [0.4, 0.5) is 10.7 Å². The van der Waals surface area contributed by atoms with Crippen molar-refractivity contribution in [3.8, 4) is 0 Å². The Balaban J connectivity index is 1.70. The topological polar surface area (TPSA) is 118 Å². The SMILES string of the molecule is CC(=O)c1ccc(NC(=O)/C=C(/C)C(=O)Nc2sc3c(c2C(N)=O)CCCC3)cc1. The van der Waals surface area contributed by atoms with E-state index >= 15 is 0 Å². The third kappa shape index (κ3) is 4.83. The highest BCUT2D eigenvalue weighted by Crippen LogP contribution is 2.38. The molecule has 0 spiro atoms. The molecule has 0 fully saturated rings. The molecule has 8 heteroatoms. The number of benzene rings is 1. The Morgan fingerprint density at radius 2 is 1.67 bits per heavy atom. The molecule has 0 bridgehead atoms. The number of hydrogen-bond donors (Lipinski definition) is 3. The molecule has 0 atom stereocenters. The second-order valence-corrected chi connectivity index (χ2v) is 8.29. The summed E-state index contributed by atoms with van der Waals surface area (Å²) >= 11 is 1.37. The monoisotopic (exact) mass is 425 g/mol.